The first-order valence-corrected chi connectivity index (χ1v) is 2.69. The largest absolute Gasteiger partial charge is 0.388 e. The summed E-state index contributed by atoms with van der Waals surface area (Å²) in [7, 11) is 1.80. The second-order valence-electron chi connectivity index (χ2n) is 1.13. The first kappa shape index (κ1) is 6.76. The third kappa shape index (κ3) is 2.45. The molecule has 0 aromatic rings. The van der Waals surface area contributed by atoms with Crippen molar-refractivity contribution in [1.29, 1.82) is 0 Å². The second-order valence-corrected chi connectivity index (χ2v) is 2.09. The first-order valence-electron chi connectivity index (χ1n) is 1.90. The van der Waals surface area contributed by atoms with Crippen LogP contribution in [0, 0.1) is 0 Å². The summed E-state index contributed by atoms with van der Waals surface area (Å²) in [5, 5.41) is 2.82. The lowest BCUT2D eigenvalue weighted by atomic mass is 10.5. The Morgan fingerprint density at radius 1 is 1.57 bits per heavy atom. The van der Waals surface area contributed by atoms with E-state index in [0.717, 1.165) is 10.2 Å². The van der Waals surface area contributed by atoms with Gasteiger partial charge in [0.05, 0.1) is 0 Å². The molecule has 1 N–H and O–H groups in total. The minimum atomic E-state index is 0.801. The molecule has 1 nitrogen and oxygen atoms in total. The molecule has 0 rings (SSSR count). The average molecular weight is 162 g/mol. The minimum Gasteiger partial charge on any atom is -0.388 e. The summed E-state index contributed by atoms with van der Waals surface area (Å²) in [6.07, 6.45) is 0. The van der Waals surface area contributed by atoms with E-state index in [0.29, 0.717) is 0 Å². The zero-order valence-corrected chi connectivity index (χ0v) is 5.88. The third-order valence-corrected chi connectivity index (χ3v) is 1.11. The molecule has 2 heteroatoms. The molecule has 0 unspecified atom stereocenters. The van der Waals surface area contributed by atoms with Gasteiger partial charge in [0.2, 0.25) is 0 Å². The van der Waals surface area contributed by atoms with E-state index >= 15 is 0 Å². The van der Waals surface area contributed by atoms with Crippen LogP contribution in [-0.4, -0.2) is 7.05 Å². The van der Waals surface area contributed by atoms with E-state index in [1.165, 1.54) is 0 Å². The normalized spacial score (nSPS) is 7.71. The Bertz CT molecular complexity index is 96.3. The fourth-order valence-electron chi connectivity index (χ4n) is 0.136. The third-order valence-electron chi connectivity index (χ3n) is 0.629. The van der Waals surface area contributed by atoms with Crippen molar-refractivity contribution >= 4 is 15.9 Å². The maximum atomic E-state index is 3.62. The van der Waals surface area contributed by atoms with Gasteiger partial charge in [0, 0.05) is 17.2 Å². The molecule has 0 aliphatic carbocycles. The van der Waals surface area contributed by atoms with Crippen molar-refractivity contribution in [2.45, 2.75) is 0 Å². The molecular formula is C5H8BrN. The van der Waals surface area contributed by atoms with E-state index in [2.05, 4.69) is 34.4 Å². The summed E-state index contributed by atoms with van der Waals surface area (Å²) in [4.78, 5) is 0. The van der Waals surface area contributed by atoms with Gasteiger partial charge in [-0.2, -0.15) is 0 Å². The van der Waals surface area contributed by atoms with E-state index in [9.17, 15) is 0 Å². The van der Waals surface area contributed by atoms with Gasteiger partial charge >= 0.3 is 0 Å². The molecule has 0 radical (unpaired) electrons. The smallest absolute Gasteiger partial charge is 0.0402 e. The van der Waals surface area contributed by atoms with Crippen molar-refractivity contribution in [3.63, 3.8) is 0 Å². The number of hydrogen-bond donors (Lipinski definition) is 1. The zero-order chi connectivity index (χ0) is 5.86. The zero-order valence-electron chi connectivity index (χ0n) is 4.29. The second kappa shape index (κ2) is 2.86. The molecule has 0 heterocycles. The predicted molar refractivity (Wildman–Crippen MR) is 36.3 cm³/mol. The first-order chi connectivity index (χ1) is 3.18. The molecule has 0 aromatic carbocycles. The van der Waals surface area contributed by atoms with Gasteiger partial charge in [-0.1, -0.05) is 13.2 Å². The summed E-state index contributed by atoms with van der Waals surface area (Å²) in [6, 6.07) is 0. The van der Waals surface area contributed by atoms with E-state index in [-0.39, 0.29) is 0 Å². The van der Waals surface area contributed by atoms with Gasteiger partial charge in [-0.25, -0.2) is 0 Å². The number of hydrogen-bond acceptors (Lipinski definition) is 1. The Hall–Kier alpha value is -0.240. The topological polar surface area (TPSA) is 12.0 Å². The highest BCUT2D eigenvalue weighted by Crippen LogP contribution is 2.06. The highest BCUT2D eigenvalue weighted by molar-refractivity contribution is 9.11. The van der Waals surface area contributed by atoms with Crippen molar-refractivity contribution in [2.24, 2.45) is 0 Å². The van der Waals surface area contributed by atoms with Gasteiger partial charge in [0.15, 0.2) is 0 Å². The van der Waals surface area contributed by atoms with E-state index < -0.39 is 0 Å². The van der Waals surface area contributed by atoms with Gasteiger partial charge in [-0.3, -0.25) is 0 Å². The lowest BCUT2D eigenvalue weighted by molar-refractivity contribution is 1.04. The van der Waals surface area contributed by atoms with Crippen molar-refractivity contribution in [3.05, 3.63) is 23.3 Å². The van der Waals surface area contributed by atoms with Crippen LogP contribution in [-0.2, 0) is 0 Å². The highest BCUT2D eigenvalue weighted by atomic mass is 79.9. The van der Waals surface area contributed by atoms with Crippen molar-refractivity contribution in [1.82, 2.24) is 5.32 Å². The predicted octanol–water partition coefficient (Wildman–Crippen LogP) is 1.63. The Morgan fingerprint density at radius 3 is 2.00 bits per heavy atom. The van der Waals surface area contributed by atoms with Crippen LogP contribution in [0.4, 0.5) is 0 Å². The van der Waals surface area contributed by atoms with Crippen molar-refractivity contribution in [2.75, 3.05) is 7.05 Å². The lowest BCUT2D eigenvalue weighted by Crippen LogP contribution is -2.02. The molecule has 0 aliphatic rings. The van der Waals surface area contributed by atoms with Gasteiger partial charge < -0.3 is 5.32 Å². The van der Waals surface area contributed by atoms with Crippen LogP contribution < -0.4 is 5.32 Å². The van der Waals surface area contributed by atoms with E-state index in [1.54, 1.807) is 7.05 Å². The van der Waals surface area contributed by atoms with Gasteiger partial charge in [0.25, 0.3) is 0 Å². The average Bonchev–Trinajstić information content (AvgIpc) is 1.65. The number of nitrogens with one attached hydrogen (secondary N) is 1. The van der Waals surface area contributed by atoms with Crippen LogP contribution in [0.5, 0.6) is 0 Å². The minimum absolute atomic E-state index is 0.801. The molecule has 0 amide bonds. The molecule has 0 atom stereocenters. The SMILES string of the molecule is C=C(Br)C(=C)NC. The monoisotopic (exact) mass is 161 g/mol. The van der Waals surface area contributed by atoms with Crippen LogP contribution in [0.15, 0.2) is 23.3 Å². The maximum Gasteiger partial charge on any atom is 0.0402 e. The number of halogens is 1. The van der Waals surface area contributed by atoms with Crippen LogP contribution in [0.1, 0.15) is 0 Å². The van der Waals surface area contributed by atoms with Crippen LogP contribution in [0.3, 0.4) is 0 Å². The Kier molecular flexibility index (Phi) is 2.76. The fourth-order valence-corrected chi connectivity index (χ4v) is 0.334. The number of rotatable bonds is 2. The van der Waals surface area contributed by atoms with E-state index in [1.807, 2.05) is 0 Å². The Morgan fingerprint density at radius 2 is 2.00 bits per heavy atom. The summed E-state index contributed by atoms with van der Waals surface area (Å²) < 4.78 is 0.801. The van der Waals surface area contributed by atoms with Crippen molar-refractivity contribution in [3.8, 4) is 0 Å². The molecule has 0 spiro atoms. The van der Waals surface area contributed by atoms with Crippen LogP contribution in [0.25, 0.3) is 0 Å². The molecule has 0 bridgehead atoms. The Labute approximate surface area is 52.2 Å². The van der Waals surface area contributed by atoms with E-state index in [4.69, 9.17) is 0 Å². The lowest BCUT2D eigenvalue weighted by Gasteiger charge is -1.97. The number of likely N-dealkylation sites (N-methyl/N-ethyl adjacent to an activating group) is 1. The van der Waals surface area contributed by atoms with Crippen LogP contribution >= 0.6 is 15.9 Å². The fraction of sp³-hybridized carbons (Fsp3) is 0.200. The molecular weight excluding hydrogens is 154 g/mol. The van der Waals surface area contributed by atoms with Crippen LogP contribution in [0.2, 0.25) is 0 Å². The summed E-state index contributed by atoms with van der Waals surface area (Å²) in [5.74, 6) is 0. The standard InChI is InChI=1S/C5H8BrN/c1-4(6)5(2)7-3/h7H,1-2H2,3H3. The summed E-state index contributed by atoms with van der Waals surface area (Å²) >= 11 is 3.14. The molecule has 7 heavy (non-hydrogen) atoms. The quantitative estimate of drug-likeness (QED) is 0.608. The Balaban J connectivity index is 3.58. The molecule has 0 aliphatic heterocycles. The number of allylic oxidation sites excluding steroid dienone is 1. The summed E-state index contributed by atoms with van der Waals surface area (Å²) in [5.41, 5.74) is 0.819. The van der Waals surface area contributed by atoms with Gasteiger partial charge in [-0.15, -0.1) is 0 Å². The molecule has 0 saturated carbocycles. The maximum absolute atomic E-state index is 3.62. The van der Waals surface area contributed by atoms with Crippen molar-refractivity contribution < 1.29 is 0 Å². The van der Waals surface area contributed by atoms with Gasteiger partial charge in [0.1, 0.15) is 0 Å². The molecule has 40 valence electrons. The molecule has 0 aromatic heterocycles. The highest BCUT2D eigenvalue weighted by Gasteiger charge is 1.86. The molecule has 0 saturated heterocycles. The van der Waals surface area contributed by atoms with Gasteiger partial charge in [-0.05, 0) is 15.9 Å². The summed E-state index contributed by atoms with van der Waals surface area (Å²) in [6.45, 7) is 7.20. The molecule has 0 fully saturated rings.